The van der Waals surface area contributed by atoms with Gasteiger partial charge in [0.15, 0.2) is 6.10 Å². The highest BCUT2D eigenvalue weighted by molar-refractivity contribution is 5.92. The second kappa shape index (κ2) is 10.2. The lowest BCUT2D eigenvalue weighted by molar-refractivity contribution is -0.195. The third-order valence-electron chi connectivity index (χ3n) is 7.74. The van der Waals surface area contributed by atoms with Crippen LogP contribution in [0.5, 0.6) is 0 Å². The molecule has 2 saturated carbocycles. The average Bonchev–Trinajstić information content (AvgIpc) is 3.08. The Hall–Kier alpha value is -2.56. The molecule has 0 aromatic heterocycles. The SMILES string of the molecule is C=C1C(=O)O[C@H]2[C@H]1[C@H](OC(=O)/C(=C/COC(=O)C(O)C(C)C)CO)C[C@]1(C)[C@@H]2[C@H](C)C(=O)C[C@H]1O. The minimum atomic E-state index is -1.32. The number of carbonyl (C=O) groups is 4. The van der Waals surface area contributed by atoms with Crippen molar-refractivity contribution in [2.24, 2.45) is 29.1 Å². The molecule has 3 N–H and O–H groups in total. The number of hydrogen-bond acceptors (Lipinski definition) is 10. The molecule has 2 aliphatic carbocycles. The molecule has 194 valence electrons. The first-order chi connectivity index (χ1) is 16.3. The third-order valence-corrected chi connectivity index (χ3v) is 7.74. The van der Waals surface area contributed by atoms with E-state index in [2.05, 4.69) is 6.58 Å². The average molecular weight is 495 g/mol. The van der Waals surface area contributed by atoms with Crippen LogP contribution in [-0.2, 0) is 33.4 Å². The molecule has 1 heterocycles. The summed E-state index contributed by atoms with van der Waals surface area (Å²) >= 11 is 0. The molecular weight excluding hydrogens is 460 g/mol. The standard InChI is InChI=1S/C25H34O10/c1-11(2)20(29)24(32)33-7-6-14(10-26)23(31)34-16-9-25(5)17(28)8-15(27)12(3)19(25)21-18(16)13(4)22(30)35-21/h6,11-12,16-21,26,28-29H,4,7-10H2,1-3,5H3/b14-6+/t12-,16-,17-,18-,19-,20?,21+,25+/m1/s1. The summed E-state index contributed by atoms with van der Waals surface area (Å²) in [5.41, 5.74) is -0.916. The Bertz CT molecular complexity index is 937. The molecule has 0 radical (unpaired) electrons. The van der Waals surface area contributed by atoms with E-state index < -0.39 is 72.1 Å². The number of carbonyl (C=O) groups excluding carboxylic acids is 4. The molecule has 3 fully saturated rings. The summed E-state index contributed by atoms with van der Waals surface area (Å²) in [5, 5.41) is 30.2. The van der Waals surface area contributed by atoms with E-state index in [-0.39, 0.29) is 42.3 Å². The van der Waals surface area contributed by atoms with Gasteiger partial charge in [0.2, 0.25) is 0 Å². The summed E-state index contributed by atoms with van der Waals surface area (Å²) in [5.74, 6) is -4.50. The Labute approximate surface area is 203 Å². The Balaban J connectivity index is 1.80. The molecule has 3 rings (SSSR count). The van der Waals surface area contributed by atoms with Gasteiger partial charge in [-0.1, -0.05) is 34.3 Å². The first kappa shape index (κ1) is 27.0. The number of hydrogen-bond donors (Lipinski definition) is 3. The lowest BCUT2D eigenvalue weighted by Crippen LogP contribution is -2.61. The monoisotopic (exact) mass is 494 g/mol. The molecule has 10 nitrogen and oxygen atoms in total. The number of fused-ring (bicyclic) bond motifs is 3. The number of esters is 3. The maximum Gasteiger partial charge on any atom is 0.336 e. The number of aliphatic hydroxyl groups is 3. The molecular formula is C25H34O10. The van der Waals surface area contributed by atoms with E-state index in [9.17, 15) is 34.5 Å². The minimum absolute atomic E-state index is 0.0451. The fourth-order valence-electron chi connectivity index (χ4n) is 5.56. The zero-order valence-electron chi connectivity index (χ0n) is 20.4. The molecule has 1 saturated heterocycles. The lowest BCUT2D eigenvalue weighted by atomic mass is 9.51. The predicted octanol–water partition coefficient (Wildman–Crippen LogP) is 0.471. The van der Waals surface area contributed by atoms with Crippen molar-refractivity contribution >= 4 is 23.7 Å². The predicted molar refractivity (Wildman–Crippen MR) is 120 cm³/mol. The van der Waals surface area contributed by atoms with Crippen molar-refractivity contribution in [2.45, 2.75) is 65.0 Å². The second-order valence-electron chi connectivity index (χ2n) is 10.3. The van der Waals surface area contributed by atoms with Crippen LogP contribution in [0.2, 0.25) is 0 Å². The molecule has 0 spiro atoms. The van der Waals surface area contributed by atoms with Crippen molar-refractivity contribution in [1.29, 1.82) is 0 Å². The highest BCUT2D eigenvalue weighted by atomic mass is 16.6. The molecule has 1 unspecified atom stereocenters. The van der Waals surface area contributed by atoms with Crippen LogP contribution in [0.3, 0.4) is 0 Å². The van der Waals surface area contributed by atoms with E-state index in [0.717, 1.165) is 0 Å². The van der Waals surface area contributed by atoms with Gasteiger partial charge < -0.3 is 29.5 Å². The van der Waals surface area contributed by atoms with Gasteiger partial charge in [-0.05, 0) is 18.4 Å². The van der Waals surface area contributed by atoms with E-state index in [1.807, 2.05) is 0 Å². The van der Waals surface area contributed by atoms with E-state index in [1.165, 1.54) is 6.08 Å². The summed E-state index contributed by atoms with van der Waals surface area (Å²) in [4.78, 5) is 49.5. The van der Waals surface area contributed by atoms with Gasteiger partial charge in [0.05, 0.1) is 24.2 Å². The third kappa shape index (κ3) is 4.92. The lowest BCUT2D eigenvalue weighted by Gasteiger charge is -2.55. The van der Waals surface area contributed by atoms with E-state index in [0.29, 0.717) is 0 Å². The number of Topliss-reactive ketones (excluding diaryl/α,β-unsaturated/α-hetero) is 1. The Morgan fingerprint density at radius 2 is 1.97 bits per heavy atom. The number of ether oxygens (including phenoxy) is 3. The Kier molecular flexibility index (Phi) is 7.88. The zero-order valence-corrected chi connectivity index (χ0v) is 20.4. The zero-order chi connectivity index (χ0) is 26.2. The van der Waals surface area contributed by atoms with Gasteiger partial charge in [-0.15, -0.1) is 0 Å². The van der Waals surface area contributed by atoms with Gasteiger partial charge in [-0.3, -0.25) is 4.79 Å². The number of rotatable bonds is 7. The van der Waals surface area contributed by atoms with Crippen molar-refractivity contribution in [3.8, 4) is 0 Å². The van der Waals surface area contributed by atoms with Gasteiger partial charge in [-0.25, -0.2) is 14.4 Å². The van der Waals surface area contributed by atoms with Crippen molar-refractivity contribution in [3.05, 3.63) is 23.8 Å². The first-order valence-electron chi connectivity index (χ1n) is 11.8. The highest BCUT2D eigenvalue weighted by Gasteiger charge is 2.64. The first-order valence-corrected chi connectivity index (χ1v) is 11.8. The van der Waals surface area contributed by atoms with Crippen molar-refractivity contribution in [1.82, 2.24) is 0 Å². The molecule has 10 heteroatoms. The van der Waals surface area contributed by atoms with Crippen molar-refractivity contribution in [2.75, 3.05) is 13.2 Å². The highest BCUT2D eigenvalue weighted by Crippen LogP contribution is 2.57. The van der Waals surface area contributed by atoms with Crippen LogP contribution in [-0.4, -0.2) is 76.6 Å². The molecule has 8 atom stereocenters. The quantitative estimate of drug-likeness (QED) is 0.258. The Morgan fingerprint density at radius 3 is 2.57 bits per heavy atom. The maximum atomic E-state index is 12.9. The maximum absolute atomic E-state index is 12.9. The topological polar surface area (TPSA) is 157 Å². The van der Waals surface area contributed by atoms with Crippen LogP contribution in [0, 0.1) is 29.1 Å². The summed E-state index contributed by atoms with van der Waals surface area (Å²) < 4.78 is 16.2. The van der Waals surface area contributed by atoms with Gasteiger partial charge in [0, 0.05) is 29.2 Å². The van der Waals surface area contributed by atoms with E-state index >= 15 is 0 Å². The van der Waals surface area contributed by atoms with Crippen LogP contribution in [0.4, 0.5) is 0 Å². The fourth-order valence-corrected chi connectivity index (χ4v) is 5.56. The molecule has 0 aromatic rings. The smallest absolute Gasteiger partial charge is 0.336 e. The molecule has 35 heavy (non-hydrogen) atoms. The van der Waals surface area contributed by atoms with Crippen molar-refractivity contribution in [3.63, 3.8) is 0 Å². The molecule has 0 aromatic carbocycles. The van der Waals surface area contributed by atoms with Crippen LogP contribution < -0.4 is 0 Å². The van der Waals surface area contributed by atoms with Gasteiger partial charge in [0.1, 0.15) is 24.6 Å². The number of ketones is 1. The second-order valence-corrected chi connectivity index (χ2v) is 10.3. The summed E-state index contributed by atoms with van der Waals surface area (Å²) in [6, 6.07) is 0. The largest absolute Gasteiger partial charge is 0.460 e. The fraction of sp³-hybridized carbons (Fsp3) is 0.680. The van der Waals surface area contributed by atoms with Gasteiger partial charge in [-0.2, -0.15) is 0 Å². The normalized spacial score (nSPS) is 35.8. The minimum Gasteiger partial charge on any atom is -0.460 e. The van der Waals surface area contributed by atoms with Gasteiger partial charge in [0.25, 0.3) is 0 Å². The van der Waals surface area contributed by atoms with E-state index in [1.54, 1.807) is 27.7 Å². The van der Waals surface area contributed by atoms with Crippen molar-refractivity contribution < 1.29 is 48.7 Å². The summed E-state index contributed by atoms with van der Waals surface area (Å²) in [7, 11) is 0. The molecule has 0 bridgehead atoms. The van der Waals surface area contributed by atoms with Crippen LogP contribution in [0.1, 0.15) is 40.5 Å². The van der Waals surface area contributed by atoms with Gasteiger partial charge >= 0.3 is 17.9 Å². The van der Waals surface area contributed by atoms with Crippen LogP contribution in [0.25, 0.3) is 0 Å². The number of aliphatic hydroxyl groups excluding tert-OH is 3. The summed E-state index contributed by atoms with van der Waals surface area (Å²) in [6.45, 7) is 9.57. The van der Waals surface area contributed by atoms with E-state index in [4.69, 9.17) is 14.2 Å². The van der Waals surface area contributed by atoms with Crippen LogP contribution >= 0.6 is 0 Å². The van der Waals surface area contributed by atoms with Crippen LogP contribution in [0.15, 0.2) is 23.8 Å². The molecule has 3 aliphatic rings. The summed E-state index contributed by atoms with van der Waals surface area (Å²) in [6.07, 6.45) is -2.72. The Morgan fingerprint density at radius 1 is 1.31 bits per heavy atom. The molecule has 0 amide bonds. The molecule has 1 aliphatic heterocycles.